The molecule has 0 saturated heterocycles. The van der Waals surface area contributed by atoms with Gasteiger partial charge in [0.1, 0.15) is 6.04 Å². The molecule has 1 aliphatic carbocycles. The second kappa shape index (κ2) is 15.3. The molecule has 1 aliphatic rings. The summed E-state index contributed by atoms with van der Waals surface area (Å²) in [6, 6.07) is 20.5. The summed E-state index contributed by atoms with van der Waals surface area (Å²) in [4.78, 5) is 29.4. The molecular weight excluding hydrogens is 629 g/mol. The van der Waals surface area contributed by atoms with Crippen molar-refractivity contribution in [2.75, 3.05) is 17.1 Å². The number of hydrogen-bond acceptors (Lipinski definition) is 4. The Morgan fingerprint density at radius 2 is 1.63 bits per heavy atom. The average molecular weight is 665 g/mol. The van der Waals surface area contributed by atoms with Crippen LogP contribution in [0.15, 0.2) is 72.8 Å². The smallest absolute Gasteiger partial charge is 0.243 e. The standard InChI is InChI=1S/C32H36Cl3N3O4S/c1-43(41,42)38(28-14-7-11-25(33)20-28)18-8-15-31(39)37(22-24-16-17-26(34)21-29(24)35)30(19-23-9-3-2-4-10-23)32(40)36-27-12-5-6-13-27/h2-4,7,9-11,14,16-17,20-21,27,30H,5-6,8,12-13,15,18-19,22H2,1H3,(H,36,40)/t30-/m0/s1. The number of rotatable bonds is 13. The quantitative estimate of drug-likeness (QED) is 0.216. The third kappa shape index (κ3) is 9.60. The summed E-state index contributed by atoms with van der Waals surface area (Å²) in [5.41, 5.74) is 1.99. The van der Waals surface area contributed by atoms with E-state index in [0.717, 1.165) is 37.5 Å². The van der Waals surface area contributed by atoms with Crippen LogP contribution in [0.25, 0.3) is 0 Å². The average Bonchev–Trinajstić information content (AvgIpc) is 3.47. The van der Waals surface area contributed by atoms with Gasteiger partial charge in [0.05, 0.1) is 11.9 Å². The van der Waals surface area contributed by atoms with Gasteiger partial charge in [0, 0.05) is 47.0 Å². The monoisotopic (exact) mass is 663 g/mol. The molecule has 4 rings (SSSR count). The van der Waals surface area contributed by atoms with Gasteiger partial charge in [-0.1, -0.05) is 90.1 Å². The molecule has 7 nitrogen and oxygen atoms in total. The van der Waals surface area contributed by atoms with Crippen LogP contribution < -0.4 is 9.62 Å². The first-order valence-corrected chi connectivity index (χ1v) is 17.3. The maximum atomic E-state index is 14.0. The van der Waals surface area contributed by atoms with Crippen molar-refractivity contribution >= 4 is 62.3 Å². The first-order valence-electron chi connectivity index (χ1n) is 14.3. The summed E-state index contributed by atoms with van der Waals surface area (Å²) in [6.45, 7) is 0.159. The molecule has 1 atom stereocenters. The number of amides is 2. The van der Waals surface area contributed by atoms with Gasteiger partial charge in [0.2, 0.25) is 21.8 Å². The number of benzene rings is 3. The molecule has 1 saturated carbocycles. The zero-order valence-electron chi connectivity index (χ0n) is 24.0. The van der Waals surface area contributed by atoms with Gasteiger partial charge in [0.25, 0.3) is 0 Å². The number of sulfonamides is 1. The number of anilines is 1. The number of carbonyl (C=O) groups excluding carboxylic acids is 2. The van der Waals surface area contributed by atoms with Gasteiger partial charge >= 0.3 is 0 Å². The molecule has 0 aliphatic heterocycles. The van der Waals surface area contributed by atoms with Crippen LogP contribution in [-0.4, -0.2) is 50.0 Å². The molecule has 3 aromatic carbocycles. The van der Waals surface area contributed by atoms with E-state index >= 15 is 0 Å². The second-order valence-corrected chi connectivity index (χ2v) is 14.1. The third-order valence-electron chi connectivity index (χ3n) is 7.58. The van der Waals surface area contributed by atoms with Crippen molar-refractivity contribution in [1.29, 1.82) is 0 Å². The largest absolute Gasteiger partial charge is 0.352 e. The molecule has 0 unspecified atom stereocenters. The van der Waals surface area contributed by atoms with Gasteiger partial charge in [0.15, 0.2) is 0 Å². The summed E-state index contributed by atoms with van der Waals surface area (Å²) < 4.78 is 26.5. The number of hydrogen-bond donors (Lipinski definition) is 1. The van der Waals surface area contributed by atoms with E-state index in [-0.39, 0.29) is 43.8 Å². The van der Waals surface area contributed by atoms with E-state index in [1.807, 2.05) is 30.3 Å². The minimum Gasteiger partial charge on any atom is -0.352 e. The summed E-state index contributed by atoms with van der Waals surface area (Å²) >= 11 is 18.8. The van der Waals surface area contributed by atoms with Crippen molar-refractivity contribution in [3.63, 3.8) is 0 Å². The van der Waals surface area contributed by atoms with Crippen LogP contribution in [0.2, 0.25) is 15.1 Å². The maximum Gasteiger partial charge on any atom is 0.243 e. The number of carbonyl (C=O) groups is 2. The molecule has 43 heavy (non-hydrogen) atoms. The van der Waals surface area contributed by atoms with Gasteiger partial charge < -0.3 is 10.2 Å². The summed E-state index contributed by atoms with van der Waals surface area (Å²) in [5, 5.41) is 4.44. The Morgan fingerprint density at radius 1 is 0.930 bits per heavy atom. The number of nitrogens with zero attached hydrogens (tertiary/aromatic N) is 2. The van der Waals surface area contributed by atoms with Crippen molar-refractivity contribution in [2.45, 2.75) is 63.6 Å². The predicted molar refractivity (Wildman–Crippen MR) is 174 cm³/mol. The normalized spacial score (nSPS) is 14.3. The van der Waals surface area contributed by atoms with Crippen LogP contribution in [0.1, 0.15) is 49.7 Å². The summed E-state index contributed by atoms with van der Waals surface area (Å²) in [5.74, 6) is -0.501. The van der Waals surface area contributed by atoms with Crippen molar-refractivity contribution in [2.24, 2.45) is 0 Å². The van der Waals surface area contributed by atoms with Crippen LogP contribution >= 0.6 is 34.8 Å². The van der Waals surface area contributed by atoms with Crippen LogP contribution in [0.4, 0.5) is 5.69 Å². The second-order valence-electron chi connectivity index (χ2n) is 10.9. The van der Waals surface area contributed by atoms with Crippen LogP contribution in [0, 0.1) is 0 Å². The fourth-order valence-electron chi connectivity index (χ4n) is 5.39. The zero-order chi connectivity index (χ0) is 31.0. The SMILES string of the molecule is CS(=O)(=O)N(CCCC(=O)N(Cc1ccc(Cl)cc1Cl)[C@@H](Cc1ccccc1)C(=O)NC1CCCC1)c1cccc(Cl)c1. The van der Waals surface area contributed by atoms with Gasteiger partial charge in [-0.05, 0) is 60.7 Å². The highest BCUT2D eigenvalue weighted by Gasteiger charge is 2.32. The van der Waals surface area contributed by atoms with E-state index in [9.17, 15) is 18.0 Å². The van der Waals surface area contributed by atoms with E-state index < -0.39 is 16.1 Å². The lowest BCUT2D eigenvalue weighted by molar-refractivity contribution is -0.141. The van der Waals surface area contributed by atoms with Gasteiger partial charge in [-0.3, -0.25) is 13.9 Å². The molecule has 0 aromatic heterocycles. The molecule has 0 heterocycles. The van der Waals surface area contributed by atoms with Crippen molar-refractivity contribution in [3.05, 3.63) is 99.0 Å². The lowest BCUT2D eigenvalue weighted by Gasteiger charge is -2.33. The zero-order valence-corrected chi connectivity index (χ0v) is 27.1. The van der Waals surface area contributed by atoms with Gasteiger partial charge in [-0.2, -0.15) is 0 Å². The first kappa shape index (κ1) is 33.1. The minimum absolute atomic E-state index is 0.0137. The van der Waals surface area contributed by atoms with Crippen molar-refractivity contribution in [3.8, 4) is 0 Å². The Bertz CT molecular complexity index is 1520. The molecule has 0 bridgehead atoms. The highest BCUT2D eigenvalue weighted by molar-refractivity contribution is 7.92. The Balaban J connectivity index is 1.61. The predicted octanol–water partition coefficient (Wildman–Crippen LogP) is 6.89. The molecule has 11 heteroatoms. The van der Waals surface area contributed by atoms with Crippen molar-refractivity contribution in [1.82, 2.24) is 10.2 Å². The van der Waals surface area contributed by atoms with Crippen LogP contribution in [0.5, 0.6) is 0 Å². The maximum absolute atomic E-state index is 14.0. The molecule has 2 amide bonds. The van der Waals surface area contributed by atoms with E-state index in [0.29, 0.717) is 32.7 Å². The Morgan fingerprint density at radius 3 is 2.28 bits per heavy atom. The van der Waals surface area contributed by atoms with E-state index in [1.165, 1.54) is 4.31 Å². The van der Waals surface area contributed by atoms with E-state index in [2.05, 4.69) is 5.32 Å². The van der Waals surface area contributed by atoms with Crippen LogP contribution in [0.3, 0.4) is 0 Å². The summed E-state index contributed by atoms with van der Waals surface area (Å²) in [7, 11) is -3.64. The van der Waals surface area contributed by atoms with E-state index in [1.54, 1.807) is 47.4 Å². The lowest BCUT2D eigenvalue weighted by atomic mass is 10.0. The minimum atomic E-state index is -3.64. The lowest BCUT2D eigenvalue weighted by Crippen LogP contribution is -2.52. The molecule has 0 spiro atoms. The first-order chi connectivity index (χ1) is 20.5. The molecule has 1 N–H and O–H groups in total. The fraction of sp³-hybridized carbons (Fsp3) is 0.375. The highest BCUT2D eigenvalue weighted by atomic mass is 35.5. The van der Waals surface area contributed by atoms with E-state index in [4.69, 9.17) is 34.8 Å². The molecule has 1 fully saturated rings. The van der Waals surface area contributed by atoms with Gasteiger partial charge in [-0.15, -0.1) is 0 Å². The molecular formula is C32H36Cl3N3O4S. The molecule has 3 aromatic rings. The number of nitrogens with one attached hydrogen (secondary N) is 1. The Labute approximate surface area is 269 Å². The fourth-order valence-corrected chi connectivity index (χ4v) is 7.00. The number of halogens is 3. The topological polar surface area (TPSA) is 86.8 Å². The van der Waals surface area contributed by atoms with Crippen LogP contribution in [-0.2, 0) is 32.6 Å². The highest BCUT2D eigenvalue weighted by Crippen LogP contribution is 2.26. The van der Waals surface area contributed by atoms with Gasteiger partial charge in [-0.25, -0.2) is 8.42 Å². The van der Waals surface area contributed by atoms with Crippen molar-refractivity contribution < 1.29 is 18.0 Å². The molecule has 0 radical (unpaired) electrons. The Kier molecular flexibility index (Phi) is 11.8. The Hall–Kier alpha value is -2.78. The summed E-state index contributed by atoms with van der Waals surface area (Å²) in [6.07, 6.45) is 5.60. The third-order valence-corrected chi connectivity index (χ3v) is 9.59. The molecule has 230 valence electrons.